The molecule has 0 unspecified atom stereocenters. The van der Waals surface area contributed by atoms with Crippen LogP contribution < -0.4 is 4.74 Å². The second-order valence-electron chi connectivity index (χ2n) is 2.21. The lowest BCUT2D eigenvalue weighted by Crippen LogP contribution is -1.90. The lowest BCUT2D eigenvalue weighted by Gasteiger charge is -1.99. The molecule has 0 atom stereocenters. The van der Waals surface area contributed by atoms with Crippen molar-refractivity contribution in [3.63, 3.8) is 0 Å². The number of rotatable bonds is 1. The van der Waals surface area contributed by atoms with Crippen LogP contribution >= 0.6 is 0 Å². The van der Waals surface area contributed by atoms with Crippen LogP contribution in [0.5, 0.6) is 5.88 Å². The van der Waals surface area contributed by atoms with Crippen molar-refractivity contribution in [3.05, 3.63) is 23.4 Å². The summed E-state index contributed by atoms with van der Waals surface area (Å²) in [5, 5.41) is 0. The molecule has 1 radical (unpaired) electrons. The molecular weight excluding hydrogens is 126 g/mol. The van der Waals surface area contributed by atoms with Crippen LogP contribution in [-0.4, -0.2) is 12.1 Å². The van der Waals surface area contributed by atoms with Gasteiger partial charge in [0.05, 0.1) is 13.2 Å². The summed E-state index contributed by atoms with van der Waals surface area (Å²) in [6.45, 7) is 3.90. The zero-order chi connectivity index (χ0) is 7.56. The number of hydrogen-bond acceptors (Lipinski definition) is 2. The Morgan fingerprint density at radius 2 is 2.20 bits per heavy atom. The Morgan fingerprint density at radius 1 is 1.50 bits per heavy atom. The van der Waals surface area contributed by atoms with E-state index in [4.69, 9.17) is 4.74 Å². The Bertz CT molecular complexity index is 212. The molecule has 1 heterocycles. The van der Waals surface area contributed by atoms with Gasteiger partial charge in [0, 0.05) is 5.69 Å². The summed E-state index contributed by atoms with van der Waals surface area (Å²) in [6.07, 6.45) is 0. The molecule has 1 aromatic rings. The number of pyridine rings is 1. The largest absolute Gasteiger partial charge is 0.481 e. The first-order chi connectivity index (χ1) is 4.72. The van der Waals surface area contributed by atoms with Gasteiger partial charge in [0.15, 0.2) is 0 Å². The summed E-state index contributed by atoms with van der Waals surface area (Å²) < 4.78 is 4.91. The Hall–Kier alpha value is -1.05. The highest BCUT2D eigenvalue weighted by atomic mass is 16.5. The average Bonchev–Trinajstić information content (AvgIpc) is 1.85. The van der Waals surface area contributed by atoms with Crippen molar-refractivity contribution < 1.29 is 4.74 Å². The summed E-state index contributed by atoms with van der Waals surface area (Å²) in [7, 11) is 1.59. The number of aryl methyl sites for hydroxylation is 2. The molecule has 0 aliphatic rings. The molecule has 53 valence electrons. The van der Waals surface area contributed by atoms with E-state index in [0.29, 0.717) is 5.88 Å². The van der Waals surface area contributed by atoms with Gasteiger partial charge in [-0.15, -0.1) is 0 Å². The van der Waals surface area contributed by atoms with Gasteiger partial charge in [-0.1, -0.05) is 0 Å². The maximum absolute atomic E-state index is 4.91. The molecule has 0 saturated heterocycles. The SMILES string of the molecule is COc1[c]c(C)cc(C)n1. The fourth-order valence-corrected chi connectivity index (χ4v) is 0.835. The van der Waals surface area contributed by atoms with Gasteiger partial charge in [-0.05, 0) is 25.5 Å². The smallest absolute Gasteiger partial charge is 0.221 e. The van der Waals surface area contributed by atoms with Crippen LogP contribution in [0.4, 0.5) is 0 Å². The highest BCUT2D eigenvalue weighted by Crippen LogP contribution is 2.08. The third-order valence-electron chi connectivity index (χ3n) is 1.20. The van der Waals surface area contributed by atoms with E-state index >= 15 is 0 Å². The molecule has 0 saturated carbocycles. The van der Waals surface area contributed by atoms with Gasteiger partial charge in [-0.25, -0.2) is 4.98 Å². The lowest BCUT2D eigenvalue weighted by molar-refractivity contribution is 0.395. The normalized spacial score (nSPS) is 9.50. The first-order valence-corrected chi connectivity index (χ1v) is 3.14. The average molecular weight is 136 g/mol. The Labute approximate surface area is 60.9 Å². The van der Waals surface area contributed by atoms with Gasteiger partial charge in [0.25, 0.3) is 0 Å². The Kier molecular flexibility index (Phi) is 1.90. The predicted molar refractivity (Wildman–Crippen MR) is 39.1 cm³/mol. The number of aromatic nitrogens is 1. The number of hydrogen-bond donors (Lipinski definition) is 0. The van der Waals surface area contributed by atoms with Crippen LogP contribution in [0.3, 0.4) is 0 Å². The number of nitrogens with zero attached hydrogens (tertiary/aromatic N) is 1. The van der Waals surface area contributed by atoms with Gasteiger partial charge in [-0.3, -0.25) is 0 Å². The summed E-state index contributed by atoms with van der Waals surface area (Å²) >= 11 is 0. The molecule has 0 spiro atoms. The minimum Gasteiger partial charge on any atom is -0.481 e. The second-order valence-corrected chi connectivity index (χ2v) is 2.21. The van der Waals surface area contributed by atoms with Crippen LogP contribution in [0.15, 0.2) is 6.07 Å². The van der Waals surface area contributed by atoms with E-state index in [1.54, 1.807) is 7.11 Å². The van der Waals surface area contributed by atoms with Gasteiger partial charge in [0.2, 0.25) is 5.88 Å². The summed E-state index contributed by atoms with van der Waals surface area (Å²) in [5.41, 5.74) is 2.03. The van der Waals surface area contributed by atoms with E-state index in [9.17, 15) is 0 Å². The molecule has 0 aliphatic carbocycles. The maximum Gasteiger partial charge on any atom is 0.221 e. The van der Waals surface area contributed by atoms with E-state index in [-0.39, 0.29) is 0 Å². The van der Waals surface area contributed by atoms with E-state index in [2.05, 4.69) is 11.1 Å². The maximum atomic E-state index is 4.91. The van der Waals surface area contributed by atoms with Crippen molar-refractivity contribution in [2.45, 2.75) is 13.8 Å². The second kappa shape index (κ2) is 2.69. The van der Waals surface area contributed by atoms with Gasteiger partial charge in [0.1, 0.15) is 0 Å². The lowest BCUT2D eigenvalue weighted by atomic mass is 10.2. The fourth-order valence-electron chi connectivity index (χ4n) is 0.835. The van der Waals surface area contributed by atoms with Crippen molar-refractivity contribution >= 4 is 0 Å². The monoisotopic (exact) mass is 136 g/mol. The van der Waals surface area contributed by atoms with Crippen LogP contribution in [0.2, 0.25) is 0 Å². The molecule has 10 heavy (non-hydrogen) atoms. The van der Waals surface area contributed by atoms with E-state index < -0.39 is 0 Å². The topological polar surface area (TPSA) is 22.1 Å². The Morgan fingerprint density at radius 3 is 2.70 bits per heavy atom. The van der Waals surface area contributed by atoms with E-state index in [1.807, 2.05) is 19.9 Å². The number of ether oxygens (including phenoxy) is 1. The highest BCUT2D eigenvalue weighted by Gasteiger charge is 1.94. The predicted octanol–water partition coefficient (Wildman–Crippen LogP) is 1.51. The summed E-state index contributed by atoms with van der Waals surface area (Å²) in [4.78, 5) is 4.07. The van der Waals surface area contributed by atoms with Crippen LogP contribution in [-0.2, 0) is 0 Å². The molecule has 0 bridgehead atoms. The Balaban J connectivity index is 3.06. The molecule has 0 aromatic carbocycles. The number of methoxy groups -OCH3 is 1. The fraction of sp³-hybridized carbons (Fsp3) is 0.375. The molecule has 0 fully saturated rings. The van der Waals surface area contributed by atoms with Crippen LogP contribution in [0.1, 0.15) is 11.3 Å². The van der Waals surface area contributed by atoms with Gasteiger partial charge in [-0.2, -0.15) is 0 Å². The third-order valence-corrected chi connectivity index (χ3v) is 1.20. The van der Waals surface area contributed by atoms with Crippen molar-refractivity contribution in [2.24, 2.45) is 0 Å². The van der Waals surface area contributed by atoms with Crippen molar-refractivity contribution in [2.75, 3.05) is 7.11 Å². The molecule has 0 amide bonds. The minimum atomic E-state index is 0.567. The quantitative estimate of drug-likeness (QED) is 0.583. The molecule has 2 heteroatoms. The summed E-state index contributed by atoms with van der Waals surface area (Å²) in [5.74, 6) is 0.567. The third kappa shape index (κ3) is 1.47. The molecule has 1 aromatic heterocycles. The minimum absolute atomic E-state index is 0.567. The highest BCUT2D eigenvalue weighted by molar-refractivity contribution is 5.21. The molecule has 0 aliphatic heterocycles. The van der Waals surface area contributed by atoms with Crippen molar-refractivity contribution in [1.82, 2.24) is 4.98 Å². The first-order valence-electron chi connectivity index (χ1n) is 3.14. The standard InChI is InChI=1S/C8H10NO/c1-6-4-7(2)9-8(5-6)10-3/h4H,1-3H3. The zero-order valence-electron chi connectivity index (χ0n) is 6.43. The first kappa shape index (κ1) is 7.06. The zero-order valence-corrected chi connectivity index (χ0v) is 6.43. The van der Waals surface area contributed by atoms with Gasteiger partial charge >= 0.3 is 0 Å². The van der Waals surface area contributed by atoms with E-state index in [1.165, 1.54) is 0 Å². The van der Waals surface area contributed by atoms with Crippen LogP contribution in [0.25, 0.3) is 0 Å². The molecule has 2 nitrogen and oxygen atoms in total. The molecular formula is C8H10NO. The van der Waals surface area contributed by atoms with Gasteiger partial charge < -0.3 is 4.74 Å². The summed E-state index contributed by atoms with van der Waals surface area (Å²) in [6, 6.07) is 4.93. The van der Waals surface area contributed by atoms with Crippen molar-refractivity contribution in [1.29, 1.82) is 0 Å². The van der Waals surface area contributed by atoms with Crippen LogP contribution in [0, 0.1) is 19.9 Å². The molecule has 0 N–H and O–H groups in total. The van der Waals surface area contributed by atoms with Crippen molar-refractivity contribution in [3.8, 4) is 5.88 Å². The van der Waals surface area contributed by atoms with E-state index in [0.717, 1.165) is 11.3 Å². The molecule has 1 rings (SSSR count).